The second kappa shape index (κ2) is 6.02. The van der Waals surface area contributed by atoms with Crippen molar-refractivity contribution in [2.45, 2.75) is 19.4 Å². The van der Waals surface area contributed by atoms with Crippen LogP contribution in [0.3, 0.4) is 0 Å². The summed E-state index contributed by atoms with van der Waals surface area (Å²) in [6, 6.07) is 5.73. The van der Waals surface area contributed by atoms with Gasteiger partial charge in [0, 0.05) is 12.6 Å². The molecule has 21 heavy (non-hydrogen) atoms. The lowest BCUT2D eigenvalue weighted by molar-refractivity contribution is -0.142. The zero-order valence-electron chi connectivity index (χ0n) is 11.3. The number of carboxylic acid groups (broad SMARTS) is 1. The molecule has 1 aromatic carbocycles. The van der Waals surface area contributed by atoms with Gasteiger partial charge in [-0.1, -0.05) is 11.6 Å². The van der Waals surface area contributed by atoms with E-state index in [-0.39, 0.29) is 6.04 Å². The topological polar surface area (TPSA) is 93.4 Å². The van der Waals surface area contributed by atoms with Crippen LogP contribution in [0, 0.1) is 17.2 Å². The van der Waals surface area contributed by atoms with E-state index >= 15 is 0 Å². The van der Waals surface area contributed by atoms with Gasteiger partial charge in [-0.25, -0.2) is 4.79 Å². The summed E-state index contributed by atoms with van der Waals surface area (Å²) in [5, 5.41) is 20.9. The van der Waals surface area contributed by atoms with Crippen molar-refractivity contribution in [2.24, 2.45) is 5.92 Å². The lowest BCUT2D eigenvalue weighted by Crippen LogP contribution is -2.40. The van der Waals surface area contributed by atoms with E-state index in [2.05, 4.69) is 5.32 Å². The van der Waals surface area contributed by atoms with Crippen LogP contribution in [0.1, 0.15) is 18.9 Å². The van der Waals surface area contributed by atoms with Gasteiger partial charge in [-0.15, -0.1) is 0 Å². The van der Waals surface area contributed by atoms with E-state index in [4.69, 9.17) is 22.0 Å². The number of nitrogens with zero attached hydrogens (tertiary/aromatic N) is 2. The highest BCUT2D eigenvalue weighted by atomic mass is 35.5. The van der Waals surface area contributed by atoms with E-state index in [9.17, 15) is 9.59 Å². The Morgan fingerprint density at radius 2 is 2.24 bits per heavy atom. The van der Waals surface area contributed by atoms with Gasteiger partial charge in [0.1, 0.15) is 0 Å². The normalized spacial score (nSPS) is 20.9. The van der Waals surface area contributed by atoms with Gasteiger partial charge in [-0.3, -0.25) is 4.79 Å². The molecule has 0 bridgehead atoms. The fraction of sp³-hybridized carbons (Fsp3) is 0.357. The maximum absolute atomic E-state index is 12.2. The molecule has 1 aromatic rings. The Hall–Kier alpha value is -2.26. The first-order chi connectivity index (χ1) is 9.93. The Balaban J connectivity index is 2.13. The number of carboxylic acids is 1. The summed E-state index contributed by atoms with van der Waals surface area (Å²) in [5.74, 6) is -1.46. The minimum Gasteiger partial charge on any atom is -0.481 e. The molecule has 0 radical (unpaired) electrons. The van der Waals surface area contributed by atoms with Crippen molar-refractivity contribution in [3.8, 4) is 6.07 Å². The SMILES string of the molecule is CC1C(C(=O)O)CCN1C(=O)Nc1cc(C#N)ccc1Cl. The van der Waals surface area contributed by atoms with Crippen molar-refractivity contribution in [1.82, 2.24) is 4.90 Å². The summed E-state index contributed by atoms with van der Waals surface area (Å²) in [6.45, 7) is 2.08. The first-order valence-corrected chi connectivity index (χ1v) is 6.82. The molecule has 2 N–H and O–H groups in total. The molecule has 0 saturated carbocycles. The fourth-order valence-corrected chi connectivity index (χ4v) is 2.60. The van der Waals surface area contributed by atoms with Gasteiger partial charge >= 0.3 is 12.0 Å². The fourth-order valence-electron chi connectivity index (χ4n) is 2.43. The predicted molar refractivity (Wildman–Crippen MR) is 77.1 cm³/mol. The average molecular weight is 308 g/mol. The standard InChI is InChI=1S/C14H14ClN3O3/c1-8-10(13(19)20)4-5-18(8)14(21)17-12-6-9(7-16)2-3-11(12)15/h2-3,6,8,10H,4-5H2,1H3,(H,17,21)(H,19,20). The highest BCUT2D eigenvalue weighted by molar-refractivity contribution is 6.33. The molecule has 1 fully saturated rings. The summed E-state index contributed by atoms with van der Waals surface area (Å²) < 4.78 is 0. The molecule has 0 aliphatic carbocycles. The second-order valence-electron chi connectivity index (χ2n) is 4.90. The van der Waals surface area contributed by atoms with Gasteiger partial charge in [-0.05, 0) is 31.5 Å². The number of hydrogen-bond donors (Lipinski definition) is 2. The molecule has 7 heteroatoms. The molecule has 1 aliphatic rings. The minimum atomic E-state index is -0.901. The second-order valence-corrected chi connectivity index (χ2v) is 5.31. The third kappa shape index (κ3) is 3.09. The van der Waals surface area contributed by atoms with E-state index in [1.54, 1.807) is 13.0 Å². The smallest absolute Gasteiger partial charge is 0.322 e. The number of rotatable bonds is 2. The number of anilines is 1. The summed E-state index contributed by atoms with van der Waals surface area (Å²) in [7, 11) is 0. The zero-order chi connectivity index (χ0) is 15.6. The first-order valence-electron chi connectivity index (χ1n) is 6.44. The number of likely N-dealkylation sites (tertiary alicyclic amines) is 1. The molecular formula is C14H14ClN3O3. The summed E-state index contributed by atoms with van der Waals surface area (Å²) in [6.07, 6.45) is 0.426. The number of halogens is 1. The van der Waals surface area contributed by atoms with E-state index in [0.29, 0.717) is 29.2 Å². The Labute approximate surface area is 126 Å². The third-order valence-electron chi connectivity index (χ3n) is 3.67. The Bertz CT molecular complexity index is 626. The van der Waals surface area contributed by atoms with E-state index in [1.807, 2.05) is 6.07 Å². The molecule has 1 saturated heterocycles. The van der Waals surface area contributed by atoms with Crippen LogP contribution in [0.4, 0.5) is 10.5 Å². The van der Waals surface area contributed by atoms with Gasteiger partial charge in [-0.2, -0.15) is 5.26 Å². The number of aliphatic carboxylic acids is 1. The molecular weight excluding hydrogens is 294 g/mol. The van der Waals surface area contributed by atoms with Crippen molar-refractivity contribution in [2.75, 3.05) is 11.9 Å². The number of carbonyl (C=O) groups is 2. The lowest BCUT2D eigenvalue weighted by Gasteiger charge is -2.23. The predicted octanol–water partition coefficient (Wildman–Crippen LogP) is 2.54. The minimum absolute atomic E-state index is 0.323. The maximum Gasteiger partial charge on any atom is 0.322 e. The van der Waals surface area contributed by atoms with Crippen LogP contribution in [-0.2, 0) is 4.79 Å². The summed E-state index contributed by atoms with van der Waals surface area (Å²) >= 11 is 5.98. The van der Waals surface area contributed by atoms with Crippen LogP contribution in [0.25, 0.3) is 0 Å². The number of nitriles is 1. The largest absolute Gasteiger partial charge is 0.481 e. The van der Waals surface area contributed by atoms with Gasteiger partial charge in [0.05, 0.1) is 28.3 Å². The number of nitrogens with one attached hydrogen (secondary N) is 1. The molecule has 2 atom stereocenters. The number of carbonyl (C=O) groups excluding carboxylic acids is 1. The quantitative estimate of drug-likeness (QED) is 0.878. The van der Waals surface area contributed by atoms with Crippen molar-refractivity contribution in [3.05, 3.63) is 28.8 Å². The van der Waals surface area contributed by atoms with Crippen molar-refractivity contribution < 1.29 is 14.7 Å². The van der Waals surface area contributed by atoms with Crippen LogP contribution in [-0.4, -0.2) is 34.6 Å². The molecule has 2 rings (SSSR count). The van der Waals surface area contributed by atoms with Crippen LogP contribution in [0.5, 0.6) is 0 Å². The van der Waals surface area contributed by atoms with Gasteiger partial charge < -0.3 is 15.3 Å². The average Bonchev–Trinajstić information content (AvgIpc) is 2.83. The number of hydrogen-bond acceptors (Lipinski definition) is 3. The summed E-state index contributed by atoms with van der Waals surface area (Å²) in [4.78, 5) is 24.8. The summed E-state index contributed by atoms with van der Waals surface area (Å²) in [5.41, 5.74) is 0.722. The lowest BCUT2D eigenvalue weighted by atomic mass is 10.0. The Morgan fingerprint density at radius 1 is 1.52 bits per heavy atom. The zero-order valence-corrected chi connectivity index (χ0v) is 12.1. The Kier molecular flexibility index (Phi) is 4.34. The molecule has 6 nitrogen and oxygen atoms in total. The third-order valence-corrected chi connectivity index (χ3v) is 4.00. The van der Waals surface area contributed by atoms with Gasteiger partial charge in [0.25, 0.3) is 0 Å². The van der Waals surface area contributed by atoms with E-state index in [1.165, 1.54) is 17.0 Å². The van der Waals surface area contributed by atoms with Crippen molar-refractivity contribution >= 4 is 29.3 Å². The number of benzene rings is 1. The molecule has 0 aromatic heterocycles. The molecule has 1 heterocycles. The highest BCUT2D eigenvalue weighted by Crippen LogP contribution is 2.27. The Morgan fingerprint density at radius 3 is 2.81 bits per heavy atom. The highest BCUT2D eigenvalue weighted by Gasteiger charge is 2.38. The van der Waals surface area contributed by atoms with Crippen LogP contribution in [0.2, 0.25) is 5.02 Å². The molecule has 2 amide bonds. The molecule has 0 spiro atoms. The van der Waals surface area contributed by atoms with Crippen LogP contribution < -0.4 is 5.32 Å². The monoisotopic (exact) mass is 307 g/mol. The number of urea groups is 1. The van der Waals surface area contributed by atoms with Crippen molar-refractivity contribution in [3.63, 3.8) is 0 Å². The molecule has 2 unspecified atom stereocenters. The number of amides is 2. The molecule has 110 valence electrons. The maximum atomic E-state index is 12.2. The van der Waals surface area contributed by atoms with E-state index < -0.39 is 17.9 Å². The van der Waals surface area contributed by atoms with Gasteiger partial charge in [0.15, 0.2) is 0 Å². The molecule has 1 aliphatic heterocycles. The first kappa shape index (κ1) is 15.1. The van der Waals surface area contributed by atoms with Crippen LogP contribution >= 0.6 is 11.6 Å². The van der Waals surface area contributed by atoms with Gasteiger partial charge in [0.2, 0.25) is 0 Å². The van der Waals surface area contributed by atoms with E-state index in [0.717, 1.165) is 0 Å². The van der Waals surface area contributed by atoms with Crippen molar-refractivity contribution in [1.29, 1.82) is 5.26 Å². The van der Waals surface area contributed by atoms with Crippen LogP contribution in [0.15, 0.2) is 18.2 Å².